The second-order valence-electron chi connectivity index (χ2n) is 5.65. The van der Waals surface area contributed by atoms with Crippen LogP contribution in [0.2, 0.25) is 11.1 Å². The van der Waals surface area contributed by atoms with Crippen LogP contribution in [0, 0.1) is 5.92 Å². The number of hydrogen-bond donors (Lipinski definition) is 0. The molecule has 0 spiro atoms. The second-order valence-corrected chi connectivity index (χ2v) is 9.76. The van der Waals surface area contributed by atoms with Crippen LogP contribution < -0.4 is 0 Å². The van der Waals surface area contributed by atoms with E-state index in [2.05, 4.69) is 34.6 Å². The minimum atomic E-state index is -2.09. The molecule has 0 rings (SSSR count). The summed E-state index contributed by atoms with van der Waals surface area (Å²) in [5.41, 5.74) is 0. The van der Waals surface area contributed by atoms with Gasteiger partial charge in [0.1, 0.15) is 0 Å². The van der Waals surface area contributed by atoms with Gasteiger partial charge in [-0.1, -0.05) is 60.3 Å². The summed E-state index contributed by atoms with van der Waals surface area (Å²) in [6, 6.07) is 1.12. The highest BCUT2D eigenvalue weighted by atomic mass is 28.4. The molecule has 1 atom stereocenters. The maximum absolute atomic E-state index is 5.94. The number of rotatable bonds is 9. The Labute approximate surface area is 109 Å². The van der Waals surface area contributed by atoms with Crippen molar-refractivity contribution in [3.05, 3.63) is 0 Å². The Bertz CT molecular complexity index is 200. The Morgan fingerprint density at radius 3 is 1.94 bits per heavy atom. The molecule has 104 valence electrons. The summed E-state index contributed by atoms with van der Waals surface area (Å²) in [5, 5.41) is 0.166. The molecule has 0 saturated heterocycles. The van der Waals surface area contributed by atoms with Gasteiger partial charge in [-0.2, -0.15) is 0 Å². The Balaban J connectivity index is 4.89. The summed E-state index contributed by atoms with van der Waals surface area (Å²) in [6.07, 6.45) is 4.94. The van der Waals surface area contributed by atoms with Gasteiger partial charge < -0.3 is 8.85 Å². The molecule has 0 aliphatic heterocycles. The quantitative estimate of drug-likeness (QED) is 0.440. The lowest BCUT2D eigenvalue weighted by atomic mass is 9.94. The van der Waals surface area contributed by atoms with Gasteiger partial charge in [-0.05, 0) is 12.0 Å². The molecule has 0 amide bonds. The van der Waals surface area contributed by atoms with Gasteiger partial charge in [0.25, 0.3) is 0 Å². The molecule has 0 saturated carbocycles. The van der Waals surface area contributed by atoms with E-state index in [1.165, 1.54) is 25.7 Å². The fraction of sp³-hybridized carbons (Fsp3) is 1.00. The molecule has 0 aliphatic rings. The molecule has 0 aromatic rings. The standard InChI is InChI=1S/C14H32O2Si/c1-8-10-11-12-17(15-6,16-7)14(4,5)13(3)9-2/h13H,8-12H2,1-7H3. The van der Waals surface area contributed by atoms with E-state index in [4.69, 9.17) is 8.85 Å². The van der Waals surface area contributed by atoms with E-state index in [0.717, 1.165) is 6.04 Å². The average Bonchev–Trinajstić information content (AvgIpc) is 2.33. The molecule has 0 radical (unpaired) electrons. The van der Waals surface area contributed by atoms with Crippen LogP contribution in [0.5, 0.6) is 0 Å². The van der Waals surface area contributed by atoms with E-state index in [-0.39, 0.29) is 5.04 Å². The molecule has 0 bridgehead atoms. The summed E-state index contributed by atoms with van der Waals surface area (Å²) in [5.74, 6) is 0.635. The van der Waals surface area contributed by atoms with Gasteiger partial charge in [0, 0.05) is 19.3 Å². The van der Waals surface area contributed by atoms with Crippen molar-refractivity contribution in [2.24, 2.45) is 5.92 Å². The zero-order valence-electron chi connectivity index (χ0n) is 12.9. The topological polar surface area (TPSA) is 18.5 Å². The minimum Gasteiger partial charge on any atom is -0.397 e. The lowest BCUT2D eigenvalue weighted by Gasteiger charge is -2.45. The molecule has 0 heterocycles. The normalized spacial score (nSPS) is 15.0. The van der Waals surface area contributed by atoms with Crippen molar-refractivity contribution in [2.45, 2.75) is 71.4 Å². The van der Waals surface area contributed by atoms with Crippen LogP contribution in [0.4, 0.5) is 0 Å². The highest BCUT2D eigenvalue weighted by Crippen LogP contribution is 2.48. The van der Waals surface area contributed by atoms with Crippen molar-refractivity contribution in [3.8, 4) is 0 Å². The third-order valence-electron chi connectivity index (χ3n) is 4.60. The van der Waals surface area contributed by atoms with Crippen LogP contribution in [0.1, 0.15) is 60.3 Å². The van der Waals surface area contributed by atoms with E-state index < -0.39 is 8.56 Å². The second kappa shape index (κ2) is 7.55. The Morgan fingerprint density at radius 2 is 1.59 bits per heavy atom. The van der Waals surface area contributed by atoms with Crippen LogP contribution in [0.25, 0.3) is 0 Å². The van der Waals surface area contributed by atoms with Crippen LogP contribution in [-0.2, 0) is 8.85 Å². The van der Waals surface area contributed by atoms with Gasteiger partial charge in [-0.25, -0.2) is 0 Å². The largest absolute Gasteiger partial charge is 0.397 e. The zero-order valence-corrected chi connectivity index (χ0v) is 13.9. The number of unbranched alkanes of at least 4 members (excludes halogenated alkanes) is 2. The molecule has 0 N–H and O–H groups in total. The molecule has 0 aromatic carbocycles. The number of hydrogen-bond acceptors (Lipinski definition) is 2. The van der Waals surface area contributed by atoms with Crippen molar-refractivity contribution in [1.29, 1.82) is 0 Å². The molecule has 3 heteroatoms. The summed E-state index contributed by atoms with van der Waals surface area (Å²) in [7, 11) is 1.59. The first-order chi connectivity index (χ1) is 7.91. The van der Waals surface area contributed by atoms with Crippen molar-refractivity contribution in [2.75, 3.05) is 14.2 Å². The fourth-order valence-corrected chi connectivity index (χ4v) is 6.57. The van der Waals surface area contributed by atoms with Crippen LogP contribution >= 0.6 is 0 Å². The van der Waals surface area contributed by atoms with Crippen LogP contribution in [0.3, 0.4) is 0 Å². The zero-order chi connectivity index (χ0) is 13.5. The molecular formula is C14H32O2Si. The molecule has 17 heavy (non-hydrogen) atoms. The highest BCUT2D eigenvalue weighted by Gasteiger charge is 2.52. The Kier molecular flexibility index (Phi) is 7.61. The van der Waals surface area contributed by atoms with Gasteiger partial charge in [0.2, 0.25) is 0 Å². The predicted octanol–water partition coefficient (Wildman–Crippen LogP) is 4.74. The van der Waals surface area contributed by atoms with E-state index in [1.807, 2.05) is 14.2 Å². The first-order valence-corrected chi connectivity index (χ1v) is 9.04. The van der Waals surface area contributed by atoms with Gasteiger partial charge >= 0.3 is 8.56 Å². The third-order valence-corrected chi connectivity index (χ3v) is 9.38. The SMILES string of the molecule is CCCCC[Si](OC)(OC)C(C)(C)C(C)CC. The molecule has 0 aliphatic carbocycles. The van der Waals surface area contributed by atoms with Crippen molar-refractivity contribution >= 4 is 8.56 Å². The molecule has 2 nitrogen and oxygen atoms in total. The molecule has 1 unspecified atom stereocenters. The summed E-state index contributed by atoms with van der Waals surface area (Å²) in [6.45, 7) is 11.5. The summed E-state index contributed by atoms with van der Waals surface area (Å²) in [4.78, 5) is 0. The van der Waals surface area contributed by atoms with Crippen molar-refractivity contribution < 1.29 is 8.85 Å². The first-order valence-electron chi connectivity index (χ1n) is 7.02. The van der Waals surface area contributed by atoms with E-state index in [0.29, 0.717) is 5.92 Å². The minimum absolute atomic E-state index is 0.166. The predicted molar refractivity (Wildman–Crippen MR) is 77.6 cm³/mol. The summed E-state index contributed by atoms with van der Waals surface area (Å²) < 4.78 is 11.9. The highest BCUT2D eigenvalue weighted by molar-refractivity contribution is 6.70. The third kappa shape index (κ3) is 3.80. The van der Waals surface area contributed by atoms with Gasteiger partial charge in [-0.3, -0.25) is 0 Å². The van der Waals surface area contributed by atoms with Crippen molar-refractivity contribution in [3.63, 3.8) is 0 Å². The van der Waals surface area contributed by atoms with Gasteiger partial charge in [0.05, 0.1) is 0 Å². The molecule has 0 aromatic heterocycles. The van der Waals surface area contributed by atoms with Crippen LogP contribution in [0.15, 0.2) is 0 Å². The van der Waals surface area contributed by atoms with Crippen LogP contribution in [-0.4, -0.2) is 22.8 Å². The lowest BCUT2D eigenvalue weighted by molar-refractivity contribution is 0.185. The smallest absolute Gasteiger partial charge is 0.343 e. The van der Waals surface area contributed by atoms with Gasteiger partial charge in [-0.15, -0.1) is 0 Å². The lowest BCUT2D eigenvalue weighted by Crippen LogP contribution is -2.52. The van der Waals surface area contributed by atoms with Gasteiger partial charge in [0.15, 0.2) is 0 Å². The summed E-state index contributed by atoms with van der Waals surface area (Å²) >= 11 is 0. The Morgan fingerprint density at radius 1 is 1.06 bits per heavy atom. The average molecular weight is 260 g/mol. The maximum atomic E-state index is 5.94. The Hall–Kier alpha value is 0.137. The monoisotopic (exact) mass is 260 g/mol. The molecule has 0 fully saturated rings. The van der Waals surface area contributed by atoms with Crippen molar-refractivity contribution in [1.82, 2.24) is 0 Å². The maximum Gasteiger partial charge on any atom is 0.343 e. The van der Waals surface area contributed by atoms with E-state index >= 15 is 0 Å². The van der Waals surface area contributed by atoms with E-state index in [1.54, 1.807) is 0 Å². The first kappa shape index (κ1) is 17.1. The molecular weight excluding hydrogens is 228 g/mol. The van der Waals surface area contributed by atoms with E-state index in [9.17, 15) is 0 Å². The fourth-order valence-electron chi connectivity index (χ4n) is 2.63.